The molecule has 0 aliphatic carbocycles. The Morgan fingerprint density at radius 2 is 1.76 bits per heavy atom. The van der Waals surface area contributed by atoms with Crippen LogP contribution in [-0.2, 0) is 0 Å². The molecule has 0 saturated carbocycles. The van der Waals surface area contributed by atoms with Crippen LogP contribution in [0.1, 0.15) is 10.5 Å². The van der Waals surface area contributed by atoms with Crippen LogP contribution in [0.3, 0.4) is 0 Å². The highest BCUT2D eigenvalue weighted by atomic mass is 35.5. The Balaban J connectivity index is 1.99. The van der Waals surface area contributed by atoms with Gasteiger partial charge in [0.15, 0.2) is 0 Å². The molecule has 1 heterocycles. The molecule has 0 spiro atoms. The average molecular weight is 299 g/mol. The molecule has 2 aromatic carbocycles. The number of amides is 1. The van der Waals surface area contributed by atoms with E-state index in [-0.39, 0.29) is 11.3 Å². The molecule has 0 unspecified atom stereocenters. The molecule has 0 saturated heterocycles. The highest BCUT2D eigenvalue weighted by Gasteiger charge is 2.11. The SMILES string of the molecule is O=C(Nc1ccccc1Cl)c1cc2ccccc2c(=O)[nH]1. The third-order valence-corrected chi connectivity index (χ3v) is 3.45. The van der Waals surface area contributed by atoms with Gasteiger partial charge in [0.05, 0.1) is 10.7 Å². The van der Waals surface area contributed by atoms with E-state index >= 15 is 0 Å². The average Bonchev–Trinajstić information content (AvgIpc) is 2.49. The molecule has 1 amide bonds. The van der Waals surface area contributed by atoms with E-state index in [0.29, 0.717) is 21.5 Å². The molecule has 104 valence electrons. The molecule has 3 rings (SSSR count). The standard InChI is InChI=1S/C16H11ClN2O2/c17-12-7-3-4-8-13(12)18-16(21)14-9-10-5-1-2-6-11(10)15(20)19-14/h1-9H,(H,18,21)(H,19,20). The molecular weight excluding hydrogens is 288 g/mol. The predicted molar refractivity (Wildman–Crippen MR) is 84.0 cm³/mol. The van der Waals surface area contributed by atoms with Gasteiger partial charge in [-0.1, -0.05) is 41.9 Å². The minimum Gasteiger partial charge on any atom is -0.319 e. The van der Waals surface area contributed by atoms with Crippen molar-refractivity contribution in [3.8, 4) is 0 Å². The maximum absolute atomic E-state index is 12.2. The van der Waals surface area contributed by atoms with Gasteiger partial charge in [-0.25, -0.2) is 0 Å². The second-order valence-corrected chi connectivity index (χ2v) is 4.94. The van der Waals surface area contributed by atoms with Crippen molar-refractivity contribution >= 4 is 34.0 Å². The summed E-state index contributed by atoms with van der Waals surface area (Å²) in [6.45, 7) is 0. The Labute approximate surface area is 125 Å². The van der Waals surface area contributed by atoms with Crippen LogP contribution in [0.15, 0.2) is 59.4 Å². The molecule has 3 aromatic rings. The van der Waals surface area contributed by atoms with Gasteiger partial charge in [-0.3, -0.25) is 9.59 Å². The molecule has 0 bridgehead atoms. The molecule has 0 atom stereocenters. The van der Waals surface area contributed by atoms with Crippen molar-refractivity contribution in [1.82, 2.24) is 4.98 Å². The minimum atomic E-state index is -0.411. The van der Waals surface area contributed by atoms with Gasteiger partial charge >= 0.3 is 0 Å². The smallest absolute Gasteiger partial charge is 0.272 e. The van der Waals surface area contributed by atoms with Crippen LogP contribution in [0, 0.1) is 0 Å². The van der Waals surface area contributed by atoms with Gasteiger partial charge in [0.1, 0.15) is 5.69 Å². The van der Waals surface area contributed by atoms with E-state index in [1.54, 1.807) is 48.5 Å². The second-order valence-electron chi connectivity index (χ2n) is 4.53. The van der Waals surface area contributed by atoms with Crippen LogP contribution in [0.5, 0.6) is 0 Å². The summed E-state index contributed by atoms with van der Waals surface area (Å²) in [5.74, 6) is -0.411. The van der Waals surface area contributed by atoms with Gasteiger partial charge in [0.25, 0.3) is 11.5 Å². The maximum Gasteiger partial charge on any atom is 0.272 e. The molecule has 21 heavy (non-hydrogen) atoms. The highest BCUT2D eigenvalue weighted by molar-refractivity contribution is 6.33. The molecule has 1 aromatic heterocycles. The van der Waals surface area contributed by atoms with Gasteiger partial charge in [-0.15, -0.1) is 0 Å². The van der Waals surface area contributed by atoms with Crippen LogP contribution in [0.2, 0.25) is 5.02 Å². The van der Waals surface area contributed by atoms with Crippen LogP contribution in [-0.4, -0.2) is 10.9 Å². The first-order valence-corrected chi connectivity index (χ1v) is 6.71. The largest absolute Gasteiger partial charge is 0.319 e. The van der Waals surface area contributed by atoms with Crippen molar-refractivity contribution in [3.05, 3.63) is 75.7 Å². The summed E-state index contributed by atoms with van der Waals surface area (Å²) in [4.78, 5) is 26.8. The summed E-state index contributed by atoms with van der Waals surface area (Å²) in [7, 11) is 0. The Bertz CT molecular complexity index is 887. The van der Waals surface area contributed by atoms with Crippen molar-refractivity contribution in [1.29, 1.82) is 0 Å². The van der Waals surface area contributed by atoms with Crippen molar-refractivity contribution < 1.29 is 4.79 Å². The number of aromatic nitrogens is 1. The lowest BCUT2D eigenvalue weighted by Crippen LogP contribution is -2.19. The number of rotatable bonds is 2. The third-order valence-electron chi connectivity index (χ3n) is 3.12. The quantitative estimate of drug-likeness (QED) is 0.761. The summed E-state index contributed by atoms with van der Waals surface area (Å²) in [5, 5.41) is 4.38. The number of carbonyl (C=O) groups is 1. The zero-order valence-corrected chi connectivity index (χ0v) is 11.6. The molecule has 5 heteroatoms. The number of hydrogen-bond donors (Lipinski definition) is 2. The number of H-pyrrole nitrogens is 1. The normalized spacial score (nSPS) is 10.5. The van der Waals surface area contributed by atoms with Crippen LogP contribution in [0.4, 0.5) is 5.69 Å². The molecule has 0 fully saturated rings. The van der Waals surface area contributed by atoms with Crippen LogP contribution in [0.25, 0.3) is 10.8 Å². The number of pyridine rings is 1. The molecule has 0 radical (unpaired) electrons. The Kier molecular flexibility index (Phi) is 3.46. The number of halogens is 1. The van der Waals surface area contributed by atoms with E-state index in [1.165, 1.54) is 0 Å². The zero-order valence-electron chi connectivity index (χ0n) is 10.9. The van der Waals surface area contributed by atoms with Crippen molar-refractivity contribution in [2.45, 2.75) is 0 Å². The number of anilines is 1. The maximum atomic E-state index is 12.2. The van der Waals surface area contributed by atoms with Gasteiger partial charge in [-0.2, -0.15) is 0 Å². The predicted octanol–water partition coefficient (Wildman–Crippen LogP) is 3.43. The molecule has 4 nitrogen and oxygen atoms in total. The van der Waals surface area contributed by atoms with E-state index in [1.807, 2.05) is 6.07 Å². The van der Waals surface area contributed by atoms with E-state index in [0.717, 1.165) is 0 Å². The van der Waals surface area contributed by atoms with Gasteiger partial charge in [0.2, 0.25) is 0 Å². The summed E-state index contributed by atoms with van der Waals surface area (Å²) in [6.07, 6.45) is 0. The summed E-state index contributed by atoms with van der Waals surface area (Å²) in [6, 6.07) is 15.7. The fraction of sp³-hybridized carbons (Fsp3) is 0. The topological polar surface area (TPSA) is 62.0 Å². The van der Waals surface area contributed by atoms with E-state index in [2.05, 4.69) is 10.3 Å². The van der Waals surface area contributed by atoms with E-state index in [9.17, 15) is 9.59 Å². The molecular formula is C16H11ClN2O2. The van der Waals surface area contributed by atoms with Gasteiger partial charge < -0.3 is 10.3 Å². The number of aromatic amines is 1. The molecule has 0 aliphatic rings. The Hall–Kier alpha value is -2.59. The number of benzene rings is 2. The monoisotopic (exact) mass is 298 g/mol. The lowest BCUT2D eigenvalue weighted by atomic mass is 10.1. The highest BCUT2D eigenvalue weighted by Crippen LogP contribution is 2.21. The Morgan fingerprint density at radius 3 is 2.57 bits per heavy atom. The fourth-order valence-corrected chi connectivity index (χ4v) is 2.27. The third kappa shape index (κ3) is 2.66. The number of para-hydroxylation sites is 1. The number of nitrogens with one attached hydrogen (secondary N) is 2. The second kappa shape index (κ2) is 5.42. The van der Waals surface area contributed by atoms with Crippen LogP contribution < -0.4 is 10.9 Å². The Morgan fingerprint density at radius 1 is 1.05 bits per heavy atom. The van der Waals surface area contributed by atoms with Crippen molar-refractivity contribution in [3.63, 3.8) is 0 Å². The van der Waals surface area contributed by atoms with E-state index in [4.69, 9.17) is 11.6 Å². The minimum absolute atomic E-state index is 0.193. The summed E-state index contributed by atoms with van der Waals surface area (Å²) < 4.78 is 0. The summed E-state index contributed by atoms with van der Waals surface area (Å²) in [5.41, 5.74) is 0.397. The number of carbonyl (C=O) groups excluding carboxylic acids is 1. The first-order valence-electron chi connectivity index (χ1n) is 6.33. The van der Waals surface area contributed by atoms with Crippen LogP contribution >= 0.6 is 11.6 Å². The molecule has 0 aliphatic heterocycles. The zero-order chi connectivity index (χ0) is 14.8. The molecule has 2 N–H and O–H groups in total. The van der Waals surface area contributed by atoms with Crippen molar-refractivity contribution in [2.75, 3.05) is 5.32 Å². The lowest BCUT2D eigenvalue weighted by Gasteiger charge is -2.07. The number of hydrogen-bond acceptors (Lipinski definition) is 2. The first-order chi connectivity index (χ1) is 10.1. The van der Waals surface area contributed by atoms with Crippen molar-refractivity contribution in [2.24, 2.45) is 0 Å². The van der Waals surface area contributed by atoms with E-state index < -0.39 is 5.91 Å². The summed E-state index contributed by atoms with van der Waals surface area (Å²) >= 11 is 6.00. The number of fused-ring (bicyclic) bond motifs is 1. The fourth-order valence-electron chi connectivity index (χ4n) is 2.09. The van der Waals surface area contributed by atoms with Gasteiger partial charge in [0, 0.05) is 5.39 Å². The lowest BCUT2D eigenvalue weighted by molar-refractivity contribution is 0.102. The first kappa shape index (κ1) is 13.4. The van der Waals surface area contributed by atoms with Gasteiger partial charge in [-0.05, 0) is 29.7 Å².